The van der Waals surface area contributed by atoms with Gasteiger partial charge in [-0.1, -0.05) is 12.1 Å². The van der Waals surface area contributed by atoms with E-state index in [0.717, 1.165) is 4.88 Å². The highest BCUT2D eigenvalue weighted by atomic mass is 32.1. The van der Waals surface area contributed by atoms with Gasteiger partial charge in [-0.25, -0.2) is 4.79 Å². The first kappa shape index (κ1) is 15.8. The highest BCUT2D eigenvalue weighted by Crippen LogP contribution is 2.15. The number of carbonyl (C=O) groups excluding carboxylic acids is 2. The molecule has 3 N–H and O–H groups in total. The molecule has 2 rings (SSSR count). The van der Waals surface area contributed by atoms with Gasteiger partial charge in [0.15, 0.2) is 0 Å². The lowest BCUT2D eigenvalue weighted by Gasteiger charge is -2.08. The summed E-state index contributed by atoms with van der Waals surface area (Å²) in [5.41, 5.74) is 1.34. The first-order valence-corrected chi connectivity index (χ1v) is 7.63. The fraction of sp³-hybridized carbons (Fsp3) is 0.125. The molecule has 114 valence electrons. The van der Waals surface area contributed by atoms with Gasteiger partial charge in [-0.2, -0.15) is 0 Å². The number of urea groups is 1. The van der Waals surface area contributed by atoms with Crippen LogP contribution < -0.4 is 16.0 Å². The summed E-state index contributed by atoms with van der Waals surface area (Å²) in [6.45, 7) is 3.93. The lowest BCUT2D eigenvalue weighted by molar-refractivity contribution is -0.115. The van der Waals surface area contributed by atoms with Gasteiger partial charge >= 0.3 is 6.03 Å². The molecule has 6 heteroatoms. The molecule has 3 amide bonds. The number of rotatable bonds is 6. The van der Waals surface area contributed by atoms with Crippen molar-refractivity contribution in [3.05, 3.63) is 59.3 Å². The number of carbonyl (C=O) groups is 2. The van der Waals surface area contributed by atoms with Crippen molar-refractivity contribution in [1.82, 2.24) is 5.32 Å². The van der Waals surface area contributed by atoms with Gasteiger partial charge < -0.3 is 16.0 Å². The van der Waals surface area contributed by atoms with Gasteiger partial charge in [0.05, 0.1) is 6.42 Å². The average molecular weight is 315 g/mol. The van der Waals surface area contributed by atoms with E-state index in [1.165, 1.54) is 0 Å². The molecule has 5 nitrogen and oxygen atoms in total. The summed E-state index contributed by atoms with van der Waals surface area (Å²) in [7, 11) is 0. The monoisotopic (exact) mass is 315 g/mol. The summed E-state index contributed by atoms with van der Waals surface area (Å²) >= 11 is 1.56. The Hall–Kier alpha value is -2.60. The van der Waals surface area contributed by atoms with E-state index in [1.54, 1.807) is 41.7 Å². The van der Waals surface area contributed by atoms with E-state index in [0.29, 0.717) is 24.3 Å². The molecule has 0 atom stereocenters. The molecular weight excluding hydrogens is 298 g/mol. The van der Waals surface area contributed by atoms with Gasteiger partial charge in [-0.05, 0) is 35.7 Å². The van der Waals surface area contributed by atoms with Crippen LogP contribution in [0.2, 0.25) is 0 Å². The molecule has 0 aliphatic carbocycles. The van der Waals surface area contributed by atoms with Crippen LogP contribution in [0.3, 0.4) is 0 Å². The predicted molar refractivity (Wildman–Crippen MR) is 90.3 cm³/mol. The summed E-state index contributed by atoms with van der Waals surface area (Å²) in [5.74, 6) is -0.0631. The number of anilines is 2. The standard InChI is InChI=1S/C16H17N3O2S/c1-2-9-17-16(21)19-13-7-5-12(6-8-13)18-15(20)11-14-4-3-10-22-14/h2-8,10H,1,9,11H2,(H,18,20)(H2,17,19,21). The minimum absolute atomic E-state index is 0.0631. The molecule has 0 fully saturated rings. The minimum atomic E-state index is -0.297. The second-order valence-corrected chi connectivity index (χ2v) is 5.54. The van der Waals surface area contributed by atoms with E-state index in [1.807, 2.05) is 17.5 Å². The molecule has 22 heavy (non-hydrogen) atoms. The van der Waals surface area contributed by atoms with Crippen molar-refractivity contribution in [1.29, 1.82) is 0 Å². The Balaban J connectivity index is 1.84. The molecule has 0 saturated carbocycles. The third-order valence-corrected chi connectivity index (χ3v) is 3.62. The molecule has 1 heterocycles. The molecule has 0 aliphatic rings. The highest BCUT2D eigenvalue weighted by molar-refractivity contribution is 7.10. The van der Waals surface area contributed by atoms with Crippen LogP contribution in [-0.4, -0.2) is 18.5 Å². The normalized spacial score (nSPS) is 9.82. The fourth-order valence-electron chi connectivity index (χ4n) is 1.75. The van der Waals surface area contributed by atoms with Crippen LogP contribution >= 0.6 is 11.3 Å². The van der Waals surface area contributed by atoms with Crippen LogP contribution in [-0.2, 0) is 11.2 Å². The lowest BCUT2D eigenvalue weighted by Crippen LogP contribution is -2.28. The van der Waals surface area contributed by atoms with Gasteiger partial charge in [0, 0.05) is 22.8 Å². The quantitative estimate of drug-likeness (QED) is 0.716. The van der Waals surface area contributed by atoms with Crippen molar-refractivity contribution in [2.24, 2.45) is 0 Å². The first-order chi connectivity index (χ1) is 10.7. The second-order valence-electron chi connectivity index (χ2n) is 4.51. The summed E-state index contributed by atoms with van der Waals surface area (Å²) in [6, 6.07) is 10.5. The zero-order valence-electron chi connectivity index (χ0n) is 12.0. The zero-order valence-corrected chi connectivity index (χ0v) is 12.8. The molecule has 0 bridgehead atoms. The maximum Gasteiger partial charge on any atom is 0.319 e. The molecule has 1 aromatic heterocycles. The van der Waals surface area contributed by atoms with E-state index in [-0.39, 0.29) is 11.9 Å². The number of hydrogen-bond acceptors (Lipinski definition) is 3. The molecule has 2 aromatic rings. The third-order valence-electron chi connectivity index (χ3n) is 2.75. The van der Waals surface area contributed by atoms with Gasteiger partial charge in [0.25, 0.3) is 0 Å². The number of hydrogen-bond donors (Lipinski definition) is 3. The van der Waals surface area contributed by atoms with Gasteiger partial charge in [-0.3, -0.25) is 4.79 Å². The highest BCUT2D eigenvalue weighted by Gasteiger charge is 2.05. The Kier molecular flexibility index (Phi) is 5.73. The van der Waals surface area contributed by atoms with E-state index in [4.69, 9.17) is 0 Å². The van der Waals surface area contributed by atoms with Gasteiger partial charge in [0.2, 0.25) is 5.91 Å². The predicted octanol–water partition coefficient (Wildman–Crippen LogP) is 3.24. The smallest absolute Gasteiger partial charge is 0.319 e. The minimum Gasteiger partial charge on any atom is -0.334 e. The SMILES string of the molecule is C=CCNC(=O)Nc1ccc(NC(=O)Cc2cccs2)cc1. The molecule has 0 saturated heterocycles. The first-order valence-electron chi connectivity index (χ1n) is 6.75. The van der Waals surface area contributed by atoms with Crippen LogP contribution in [0.4, 0.5) is 16.2 Å². The summed E-state index contributed by atoms with van der Waals surface area (Å²) < 4.78 is 0. The van der Waals surface area contributed by atoms with Crippen LogP contribution in [0, 0.1) is 0 Å². The largest absolute Gasteiger partial charge is 0.334 e. The summed E-state index contributed by atoms with van der Waals surface area (Å²) in [5, 5.41) is 10.1. The van der Waals surface area contributed by atoms with Crippen molar-refractivity contribution in [3.8, 4) is 0 Å². The Morgan fingerprint density at radius 2 is 1.77 bits per heavy atom. The summed E-state index contributed by atoms with van der Waals surface area (Å²) in [4.78, 5) is 24.4. The van der Waals surface area contributed by atoms with Crippen molar-refractivity contribution >= 4 is 34.6 Å². The summed E-state index contributed by atoms with van der Waals surface area (Å²) in [6.07, 6.45) is 1.97. The van der Waals surface area contributed by atoms with Crippen LogP contribution in [0.15, 0.2) is 54.4 Å². The Bertz CT molecular complexity index is 636. The number of benzene rings is 1. The van der Waals surface area contributed by atoms with E-state index in [2.05, 4.69) is 22.5 Å². The second kappa shape index (κ2) is 7.99. The lowest BCUT2D eigenvalue weighted by atomic mass is 10.2. The van der Waals surface area contributed by atoms with Crippen LogP contribution in [0.25, 0.3) is 0 Å². The molecule has 0 unspecified atom stereocenters. The number of nitrogens with one attached hydrogen (secondary N) is 3. The van der Waals surface area contributed by atoms with E-state index in [9.17, 15) is 9.59 Å². The van der Waals surface area contributed by atoms with Crippen LogP contribution in [0.1, 0.15) is 4.88 Å². The number of thiophene rings is 1. The van der Waals surface area contributed by atoms with E-state index < -0.39 is 0 Å². The van der Waals surface area contributed by atoms with Crippen molar-refractivity contribution in [3.63, 3.8) is 0 Å². The van der Waals surface area contributed by atoms with Gasteiger partial charge in [-0.15, -0.1) is 17.9 Å². The molecular formula is C16H17N3O2S. The maximum absolute atomic E-state index is 11.9. The molecule has 1 aromatic carbocycles. The van der Waals surface area contributed by atoms with Crippen LogP contribution in [0.5, 0.6) is 0 Å². The molecule has 0 radical (unpaired) electrons. The topological polar surface area (TPSA) is 70.2 Å². The van der Waals surface area contributed by atoms with Crippen molar-refractivity contribution < 1.29 is 9.59 Å². The fourth-order valence-corrected chi connectivity index (χ4v) is 2.46. The third kappa shape index (κ3) is 5.06. The Morgan fingerprint density at radius 3 is 2.36 bits per heavy atom. The van der Waals surface area contributed by atoms with E-state index >= 15 is 0 Å². The maximum atomic E-state index is 11.9. The Labute approximate surface area is 133 Å². The molecule has 0 aliphatic heterocycles. The van der Waals surface area contributed by atoms with Crippen molar-refractivity contribution in [2.45, 2.75) is 6.42 Å². The zero-order chi connectivity index (χ0) is 15.8. The van der Waals surface area contributed by atoms with Crippen molar-refractivity contribution in [2.75, 3.05) is 17.2 Å². The number of amides is 3. The van der Waals surface area contributed by atoms with Gasteiger partial charge in [0.1, 0.15) is 0 Å². The Morgan fingerprint density at radius 1 is 1.09 bits per heavy atom. The average Bonchev–Trinajstić information content (AvgIpc) is 3.00. The molecule has 0 spiro atoms.